The highest BCUT2D eigenvalue weighted by molar-refractivity contribution is 14.1. The molecule has 0 fully saturated rings. The summed E-state index contributed by atoms with van der Waals surface area (Å²) in [5.74, 6) is 1.29. The molecule has 0 unspecified atom stereocenters. The summed E-state index contributed by atoms with van der Waals surface area (Å²) >= 11 is 2.16. The van der Waals surface area contributed by atoms with Gasteiger partial charge >= 0.3 is 0 Å². The largest absolute Gasteiger partial charge is 0.383 e. The smallest absolute Gasteiger partial charge is 0.184 e. The van der Waals surface area contributed by atoms with Crippen LogP contribution in [-0.2, 0) is 0 Å². The Bertz CT molecular complexity index is 493. The van der Waals surface area contributed by atoms with E-state index >= 15 is 0 Å². The second kappa shape index (κ2) is 4.32. The Hall–Kier alpha value is -1.25. The Labute approximate surface area is 106 Å². The van der Waals surface area contributed by atoms with Crippen molar-refractivity contribution in [1.29, 1.82) is 0 Å². The van der Waals surface area contributed by atoms with Gasteiger partial charge in [-0.05, 0) is 28.5 Å². The number of hydrogen-bond donors (Lipinski definition) is 2. The van der Waals surface area contributed by atoms with Gasteiger partial charge in [-0.3, -0.25) is 0 Å². The zero-order valence-electron chi connectivity index (χ0n) is 8.90. The Balaban J connectivity index is 2.57. The highest BCUT2D eigenvalue weighted by atomic mass is 127. The average Bonchev–Trinajstić information content (AvgIpc) is 2.74. The van der Waals surface area contributed by atoms with E-state index in [1.165, 1.54) is 0 Å². The third-order valence-corrected chi connectivity index (χ3v) is 3.20. The van der Waals surface area contributed by atoms with E-state index in [-0.39, 0.29) is 0 Å². The van der Waals surface area contributed by atoms with Gasteiger partial charge in [0, 0.05) is 0 Å². The zero-order chi connectivity index (χ0) is 11.7. The summed E-state index contributed by atoms with van der Waals surface area (Å²) in [6, 6.07) is 0. The van der Waals surface area contributed by atoms with Gasteiger partial charge in [-0.1, -0.05) is 13.8 Å². The fourth-order valence-electron chi connectivity index (χ4n) is 1.29. The van der Waals surface area contributed by atoms with Crippen LogP contribution in [0.2, 0.25) is 0 Å². The summed E-state index contributed by atoms with van der Waals surface area (Å²) in [6.45, 7) is 4.13. The number of nitrogen functional groups attached to an aromatic ring is 1. The third-order valence-electron chi connectivity index (χ3n) is 2.09. The minimum absolute atomic E-state index is 0.294. The predicted octanol–water partition coefficient (Wildman–Crippen LogP) is 1.57. The Morgan fingerprint density at radius 3 is 2.69 bits per heavy atom. The summed E-state index contributed by atoms with van der Waals surface area (Å²) in [6.07, 6.45) is 1.58. The molecule has 0 aliphatic carbocycles. The van der Waals surface area contributed by atoms with Crippen molar-refractivity contribution >= 4 is 28.4 Å². The molecular weight excluding hydrogens is 319 g/mol. The molecule has 2 aromatic rings. The molecule has 84 valence electrons. The molecule has 7 heteroatoms. The highest BCUT2D eigenvalue weighted by Crippen LogP contribution is 2.25. The van der Waals surface area contributed by atoms with Gasteiger partial charge in [0.2, 0.25) is 0 Å². The lowest BCUT2D eigenvalue weighted by molar-refractivity contribution is 0.808. The normalized spacial score (nSPS) is 11.0. The lowest BCUT2D eigenvalue weighted by Gasteiger charge is -2.10. The molecular formula is C9H11IN6. The van der Waals surface area contributed by atoms with E-state index in [4.69, 9.17) is 5.73 Å². The van der Waals surface area contributed by atoms with Crippen molar-refractivity contribution < 1.29 is 0 Å². The van der Waals surface area contributed by atoms with Gasteiger partial charge in [-0.2, -0.15) is 15.4 Å². The van der Waals surface area contributed by atoms with Crippen LogP contribution in [0.1, 0.15) is 25.5 Å². The van der Waals surface area contributed by atoms with E-state index in [0.717, 1.165) is 9.26 Å². The number of anilines is 1. The van der Waals surface area contributed by atoms with Crippen LogP contribution in [0.4, 0.5) is 5.82 Å². The number of aromatic nitrogens is 5. The number of halogens is 1. The Morgan fingerprint density at radius 2 is 2.12 bits per heavy atom. The van der Waals surface area contributed by atoms with E-state index in [0.29, 0.717) is 23.3 Å². The molecule has 0 radical (unpaired) electrons. The van der Waals surface area contributed by atoms with Crippen LogP contribution in [0.5, 0.6) is 0 Å². The van der Waals surface area contributed by atoms with Gasteiger partial charge in [0.25, 0.3) is 0 Å². The highest BCUT2D eigenvalue weighted by Gasteiger charge is 2.15. The SMILES string of the molecule is CC(C)c1nc(-c2cn[nH]n2)nc(N)c1I. The second-order valence-electron chi connectivity index (χ2n) is 3.64. The average molecular weight is 330 g/mol. The monoisotopic (exact) mass is 330 g/mol. The molecule has 2 heterocycles. The van der Waals surface area contributed by atoms with Gasteiger partial charge in [-0.15, -0.1) is 0 Å². The fourth-order valence-corrected chi connectivity index (χ4v) is 2.15. The van der Waals surface area contributed by atoms with Gasteiger partial charge in [-0.25, -0.2) is 9.97 Å². The van der Waals surface area contributed by atoms with E-state index in [1.54, 1.807) is 6.20 Å². The van der Waals surface area contributed by atoms with Crippen LogP contribution in [0, 0.1) is 3.57 Å². The maximum absolute atomic E-state index is 5.85. The molecule has 0 aliphatic heterocycles. The van der Waals surface area contributed by atoms with Crippen molar-refractivity contribution in [2.24, 2.45) is 0 Å². The Kier molecular flexibility index (Phi) is 3.03. The molecule has 3 N–H and O–H groups in total. The van der Waals surface area contributed by atoms with Gasteiger partial charge in [0.15, 0.2) is 5.82 Å². The molecule has 0 atom stereocenters. The van der Waals surface area contributed by atoms with E-state index in [1.807, 2.05) is 0 Å². The first-order valence-corrected chi connectivity index (χ1v) is 5.86. The third kappa shape index (κ3) is 1.99. The summed E-state index contributed by atoms with van der Waals surface area (Å²) in [7, 11) is 0. The van der Waals surface area contributed by atoms with Crippen LogP contribution in [0.3, 0.4) is 0 Å². The van der Waals surface area contributed by atoms with Crippen molar-refractivity contribution in [2.75, 3.05) is 5.73 Å². The van der Waals surface area contributed by atoms with Gasteiger partial charge in [0.05, 0.1) is 15.5 Å². The summed E-state index contributed by atoms with van der Waals surface area (Å²) < 4.78 is 0.903. The van der Waals surface area contributed by atoms with Crippen LogP contribution >= 0.6 is 22.6 Å². The molecule has 6 nitrogen and oxygen atoms in total. The van der Waals surface area contributed by atoms with Crippen LogP contribution < -0.4 is 5.73 Å². The summed E-state index contributed by atoms with van der Waals surface area (Å²) in [4.78, 5) is 8.65. The van der Waals surface area contributed by atoms with Crippen molar-refractivity contribution in [3.8, 4) is 11.5 Å². The first kappa shape index (κ1) is 11.2. The molecule has 0 spiro atoms. The summed E-state index contributed by atoms with van der Waals surface area (Å²) in [5, 5.41) is 10.2. The number of hydrogen-bond acceptors (Lipinski definition) is 5. The molecule has 16 heavy (non-hydrogen) atoms. The van der Waals surface area contributed by atoms with Crippen LogP contribution in [0.15, 0.2) is 6.20 Å². The van der Waals surface area contributed by atoms with Gasteiger partial charge in [0.1, 0.15) is 11.5 Å². The maximum atomic E-state index is 5.85. The van der Waals surface area contributed by atoms with E-state index < -0.39 is 0 Å². The number of nitrogens with zero attached hydrogens (tertiary/aromatic N) is 4. The maximum Gasteiger partial charge on any atom is 0.184 e. The molecule has 0 saturated carbocycles. The van der Waals surface area contributed by atoms with E-state index in [9.17, 15) is 0 Å². The Morgan fingerprint density at radius 1 is 1.38 bits per heavy atom. The van der Waals surface area contributed by atoms with Crippen molar-refractivity contribution in [3.05, 3.63) is 15.5 Å². The van der Waals surface area contributed by atoms with E-state index in [2.05, 4.69) is 61.8 Å². The molecule has 2 aromatic heterocycles. The summed E-state index contributed by atoms with van der Waals surface area (Å²) in [5.41, 5.74) is 7.39. The number of nitrogens with one attached hydrogen (secondary N) is 1. The topological polar surface area (TPSA) is 93.4 Å². The fraction of sp³-hybridized carbons (Fsp3) is 0.333. The van der Waals surface area contributed by atoms with Crippen molar-refractivity contribution in [2.45, 2.75) is 19.8 Å². The first-order valence-electron chi connectivity index (χ1n) is 4.78. The zero-order valence-corrected chi connectivity index (χ0v) is 11.1. The first-order chi connectivity index (χ1) is 7.59. The van der Waals surface area contributed by atoms with Crippen LogP contribution in [-0.4, -0.2) is 25.4 Å². The lowest BCUT2D eigenvalue weighted by Crippen LogP contribution is -2.06. The minimum Gasteiger partial charge on any atom is -0.383 e. The number of rotatable bonds is 2. The van der Waals surface area contributed by atoms with Crippen molar-refractivity contribution in [1.82, 2.24) is 25.4 Å². The molecule has 2 rings (SSSR count). The van der Waals surface area contributed by atoms with Crippen molar-refractivity contribution in [3.63, 3.8) is 0 Å². The minimum atomic E-state index is 0.294. The number of aromatic amines is 1. The molecule has 0 amide bonds. The predicted molar refractivity (Wildman–Crippen MR) is 68.6 cm³/mol. The quantitative estimate of drug-likeness (QED) is 0.816. The molecule has 0 bridgehead atoms. The molecule has 0 aliphatic rings. The molecule has 0 aromatic carbocycles. The molecule has 0 saturated heterocycles. The second-order valence-corrected chi connectivity index (χ2v) is 4.72. The van der Waals surface area contributed by atoms with Crippen LogP contribution in [0.25, 0.3) is 11.5 Å². The number of H-pyrrole nitrogens is 1. The lowest BCUT2D eigenvalue weighted by atomic mass is 10.1. The van der Waals surface area contributed by atoms with Gasteiger partial charge < -0.3 is 5.73 Å². The number of nitrogens with two attached hydrogens (primary N) is 1. The standard InChI is InChI=1S/C9H11IN6/c1-4(2)7-6(10)8(11)14-9(13-7)5-3-12-16-15-5/h3-4H,1-2H3,(H2,11,13,14)(H,12,15,16).